The molecular formula is C18H19BrClNO4. The second-order valence-electron chi connectivity index (χ2n) is 5.22. The monoisotopic (exact) mass is 427 g/mol. The van der Waals surface area contributed by atoms with Crippen molar-refractivity contribution < 1.29 is 19.0 Å². The lowest BCUT2D eigenvalue weighted by atomic mass is 10.1. The summed E-state index contributed by atoms with van der Waals surface area (Å²) >= 11 is 9.53. The molecule has 0 aromatic heterocycles. The third-order valence-electron chi connectivity index (χ3n) is 3.54. The van der Waals surface area contributed by atoms with Gasteiger partial charge in [0.25, 0.3) is 5.91 Å². The molecule has 0 spiro atoms. The summed E-state index contributed by atoms with van der Waals surface area (Å²) in [6, 6.07) is 10.7. The topological polar surface area (TPSA) is 48.0 Å². The van der Waals surface area contributed by atoms with Crippen molar-refractivity contribution in [1.82, 2.24) is 4.90 Å². The van der Waals surface area contributed by atoms with Crippen molar-refractivity contribution in [2.75, 3.05) is 34.4 Å². The van der Waals surface area contributed by atoms with Crippen LogP contribution in [0.1, 0.15) is 10.4 Å². The molecule has 0 heterocycles. The van der Waals surface area contributed by atoms with Gasteiger partial charge in [0.15, 0.2) is 11.5 Å². The molecule has 0 N–H and O–H groups in total. The highest BCUT2D eigenvalue weighted by Gasteiger charge is 2.18. The Morgan fingerprint density at radius 2 is 1.84 bits per heavy atom. The van der Waals surface area contributed by atoms with Gasteiger partial charge >= 0.3 is 0 Å². The minimum absolute atomic E-state index is 0.178. The van der Waals surface area contributed by atoms with Gasteiger partial charge in [0.2, 0.25) is 0 Å². The van der Waals surface area contributed by atoms with E-state index in [0.29, 0.717) is 35.2 Å². The van der Waals surface area contributed by atoms with Crippen LogP contribution in [-0.4, -0.2) is 45.2 Å². The molecule has 0 fully saturated rings. The fraction of sp³-hybridized carbons (Fsp3) is 0.278. The number of hydrogen-bond donors (Lipinski definition) is 0. The van der Waals surface area contributed by atoms with Gasteiger partial charge in [-0.3, -0.25) is 4.79 Å². The summed E-state index contributed by atoms with van der Waals surface area (Å²) in [5.41, 5.74) is 0.425. The number of benzene rings is 2. The Kier molecular flexibility index (Phi) is 6.96. The van der Waals surface area contributed by atoms with Crippen molar-refractivity contribution in [3.63, 3.8) is 0 Å². The maximum absolute atomic E-state index is 12.6. The summed E-state index contributed by atoms with van der Waals surface area (Å²) < 4.78 is 17.0. The Morgan fingerprint density at radius 1 is 1.16 bits per heavy atom. The van der Waals surface area contributed by atoms with E-state index in [1.807, 2.05) is 24.3 Å². The number of amides is 1. The first-order chi connectivity index (χ1) is 12.0. The standard InChI is InChI=1S/C18H19BrClNO4/c1-21(8-9-25-14-6-4-13(19)5-7-14)18(22)12-10-15(20)17(24-3)16(11-12)23-2/h4-7,10-11H,8-9H2,1-3H3. The smallest absolute Gasteiger partial charge is 0.253 e. The summed E-state index contributed by atoms with van der Waals surface area (Å²) in [4.78, 5) is 14.1. The number of carbonyl (C=O) groups is 1. The number of rotatable bonds is 7. The van der Waals surface area contributed by atoms with Crippen LogP contribution < -0.4 is 14.2 Å². The number of carbonyl (C=O) groups excluding carboxylic acids is 1. The van der Waals surface area contributed by atoms with Crippen LogP contribution in [0.15, 0.2) is 40.9 Å². The van der Waals surface area contributed by atoms with Crippen LogP contribution in [0, 0.1) is 0 Å². The predicted molar refractivity (Wildman–Crippen MR) is 101 cm³/mol. The zero-order valence-corrected chi connectivity index (χ0v) is 16.6. The molecule has 5 nitrogen and oxygen atoms in total. The van der Waals surface area contributed by atoms with Crippen molar-refractivity contribution in [3.8, 4) is 17.2 Å². The highest BCUT2D eigenvalue weighted by atomic mass is 79.9. The Labute approximate surface area is 160 Å². The minimum atomic E-state index is -0.178. The number of methoxy groups -OCH3 is 2. The minimum Gasteiger partial charge on any atom is -0.493 e. The third kappa shape index (κ3) is 5.03. The third-order valence-corrected chi connectivity index (χ3v) is 4.35. The highest BCUT2D eigenvalue weighted by molar-refractivity contribution is 9.10. The number of nitrogens with zero attached hydrogens (tertiary/aromatic N) is 1. The highest BCUT2D eigenvalue weighted by Crippen LogP contribution is 2.36. The Morgan fingerprint density at radius 3 is 2.44 bits per heavy atom. The molecule has 2 rings (SSSR count). The predicted octanol–water partition coefficient (Wildman–Crippen LogP) is 4.27. The van der Waals surface area contributed by atoms with Gasteiger partial charge in [-0.25, -0.2) is 0 Å². The zero-order chi connectivity index (χ0) is 18.4. The van der Waals surface area contributed by atoms with E-state index < -0.39 is 0 Å². The van der Waals surface area contributed by atoms with E-state index >= 15 is 0 Å². The normalized spacial score (nSPS) is 10.3. The maximum atomic E-state index is 12.6. The average molecular weight is 429 g/mol. The van der Waals surface area contributed by atoms with Crippen LogP contribution in [0.4, 0.5) is 0 Å². The van der Waals surface area contributed by atoms with E-state index in [1.165, 1.54) is 14.2 Å². The maximum Gasteiger partial charge on any atom is 0.253 e. The van der Waals surface area contributed by atoms with Crippen molar-refractivity contribution in [1.29, 1.82) is 0 Å². The average Bonchev–Trinajstić information content (AvgIpc) is 2.61. The number of likely N-dealkylation sites (N-methyl/N-ethyl adjacent to an activating group) is 1. The van der Waals surface area contributed by atoms with E-state index in [1.54, 1.807) is 24.1 Å². The number of ether oxygens (including phenoxy) is 3. The fourth-order valence-corrected chi connectivity index (χ4v) is 2.75. The van der Waals surface area contributed by atoms with Crippen molar-refractivity contribution >= 4 is 33.4 Å². The second kappa shape index (κ2) is 8.97. The van der Waals surface area contributed by atoms with Gasteiger partial charge < -0.3 is 19.1 Å². The van der Waals surface area contributed by atoms with Crippen molar-refractivity contribution in [2.24, 2.45) is 0 Å². The second-order valence-corrected chi connectivity index (χ2v) is 6.55. The molecule has 2 aromatic carbocycles. The quantitative estimate of drug-likeness (QED) is 0.661. The van der Waals surface area contributed by atoms with Gasteiger partial charge in [-0.05, 0) is 36.4 Å². The van der Waals surface area contributed by atoms with Crippen LogP contribution >= 0.6 is 27.5 Å². The molecule has 0 atom stereocenters. The van der Waals surface area contributed by atoms with E-state index in [9.17, 15) is 4.79 Å². The van der Waals surface area contributed by atoms with Gasteiger partial charge in [0.05, 0.1) is 25.8 Å². The molecule has 0 aliphatic heterocycles. The van der Waals surface area contributed by atoms with E-state index in [-0.39, 0.29) is 5.91 Å². The van der Waals surface area contributed by atoms with Gasteiger partial charge in [0, 0.05) is 17.1 Å². The van der Waals surface area contributed by atoms with Crippen LogP contribution in [0.3, 0.4) is 0 Å². The van der Waals surface area contributed by atoms with Crippen LogP contribution in [-0.2, 0) is 0 Å². The summed E-state index contributed by atoms with van der Waals surface area (Å²) in [6.07, 6.45) is 0. The van der Waals surface area contributed by atoms with Crippen molar-refractivity contribution in [2.45, 2.75) is 0 Å². The molecule has 0 radical (unpaired) electrons. The van der Waals surface area contributed by atoms with E-state index in [0.717, 1.165) is 10.2 Å². The Hall–Kier alpha value is -1.92. The van der Waals surface area contributed by atoms with Crippen LogP contribution in [0.2, 0.25) is 5.02 Å². The first kappa shape index (κ1) is 19.4. The van der Waals surface area contributed by atoms with Gasteiger partial charge in [-0.15, -0.1) is 0 Å². The van der Waals surface area contributed by atoms with Gasteiger partial charge in [0.1, 0.15) is 12.4 Å². The molecule has 7 heteroatoms. The molecule has 1 amide bonds. The molecular weight excluding hydrogens is 410 g/mol. The number of hydrogen-bond acceptors (Lipinski definition) is 4. The largest absolute Gasteiger partial charge is 0.493 e. The summed E-state index contributed by atoms with van der Waals surface area (Å²) in [7, 11) is 4.70. The Balaban J connectivity index is 1.99. The Bertz CT molecular complexity index is 737. The number of halogens is 2. The van der Waals surface area contributed by atoms with Gasteiger partial charge in [-0.1, -0.05) is 27.5 Å². The summed E-state index contributed by atoms with van der Waals surface area (Å²) in [6.45, 7) is 0.811. The van der Waals surface area contributed by atoms with E-state index in [4.69, 9.17) is 25.8 Å². The first-order valence-electron chi connectivity index (χ1n) is 7.51. The molecule has 0 saturated heterocycles. The molecule has 0 aliphatic rings. The van der Waals surface area contributed by atoms with Gasteiger partial charge in [-0.2, -0.15) is 0 Å². The molecule has 2 aromatic rings. The molecule has 0 aliphatic carbocycles. The lowest BCUT2D eigenvalue weighted by Crippen LogP contribution is -2.30. The van der Waals surface area contributed by atoms with Crippen LogP contribution in [0.5, 0.6) is 17.2 Å². The zero-order valence-electron chi connectivity index (χ0n) is 14.2. The lowest BCUT2D eigenvalue weighted by Gasteiger charge is -2.19. The van der Waals surface area contributed by atoms with Crippen molar-refractivity contribution in [3.05, 3.63) is 51.5 Å². The molecule has 134 valence electrons. The fourth-order valence-electron chi connectivity index (χ4n) is 2.19. The first-order valence-corrected chi connectivity index (χ1v) is 8.68. The molecule has 25 heavy (non-hydrogen) atoms. The molecule has 0 saturated carbocycles. The molecule has 0 bridgehead atoms. The van der Waals surface area contributed by atoms with E-state index in [2.05, 4.69) is 15.9 Å². The summed E-state index contributed by atoms with van der Waals surface area (Å²) in [5, 5.41) is 0.324. The summed E-state index contributed by atoms with van der Waals surface area (Å²) in [5.74, 6) is 1.39. The van der Waals surface area contributed by atoms with Crippen LogP contribution in [0.25, 0.3) is 0 Å². The SMILES string of the molecule is COc1cc(C(=O)N(C)CCOc2ccc(Br)cc2)cc(Cl)c1OC. The molecule has 0 unspecified atom stereocenters. The lowest BCUT2D eigenvalue weighted by molar-refractivity contribution is 0.0773.